The molecule has 0 radical (unpaired) electrons. The molecule has 0 saturated heterocycles. The van der Waals surface area contributed by atoms with Crippen molar-refractivity contribution < 1.29 is 9.47 Å². The second-order valence-electron chi connectivity index (χ2n) is 6.81. The Hall–Kier alpha value is -2.86. The highest BCUT2D eigenvalue weighted by atomic mass is 16.5. The Labute approximate surface area is 173 Å². The second-order valence-corrected chi connectivity index (χ2v) is 6.81. The zero-order chi connectivity index (χ0) is 20.3. The van der Waals surface area contributed by atoms with Crippen LogP contribution in [0.25, 0.3) is 5.57 Å². The van der Waals surface area contributed by atoms with Gasteiger partial charge in [-0.1, -0.05) is 42.5 Å². The standard InChI is InChI=1S/C23H30N4O2/c1-3-24-23(26-18-19-9-10-22(25-17-19)29-16-15-28-2)27-13-11-21(12-14-27)20-7-5-4-6-8-20/h4-11,17H,3,12-16,18H2,1-2H3,(H,24,26). The summed E-state index contributed by atoms with van der Waals surface area (Å²) in [5.74, 6) is 1.55. The molecule has 0 unspecified atom stereocenters. The van der Waals surface area contributed by atoms with Gasteiger partial charge in [0, 0.05) is 39.0 Å². The minimum absolute atomic E-state index is 0.499. The predicted molar refractivity (Wildman–Crippen MR) is 117 cm³/mol. The van der Waals surface area contributed by atoms with Gasteiger partial charge in [0.05, 0.1) is 13.2 Å². The first kappa shape index (κ1) is 20.9. The lowest BCUT2D eigenvalue weighted by Crippen LogP contribution is -2.43. The smallest absolute Gasteiger partial charge is 0.213 e. The van der Waals surface area contributed by atoms with E-state index in [0.717, 1.165) is 37.6 Å². The van der Waals surface area contributed by atoms with Crippen molar-refractivity contribution >= 4 is 11.5 Å². The van der Waals surface area contributed by atoms with E-state index < -0.39 is 0 Å². The van der Waals surface area contributed by atoms with E-state index in [1.54, 1.807) is 7.11 Å². The van der Waals surface area contributed by atoms with Gasteiger partial charge in [0.2, 0.25) is 5.88 Å². The van der Waals surface area contributed by atoms with Gasteiger partial charge in [-0.25, -0.2) is 9.98 Å². The molecule has 1 aromatic carbocycles. The maximum Gasteiger partial charge on any atom is 0.213 e. The van der Waals surface area contributed by atoms with Gasteiger partial charge in [-0.15, -0.1) is 0 Å². The zero-order valence-corrected chi connectivity index (χ0v) is 17.3. The quantitative estimate of drug-likeness (QED) is 0.423. The van der Waals surface area contributed by atoms with Crippen molar-refractivity contribution in [2.75, 3.05) is 40.0 Å². The van der Waals surface area contributed by atoms with Crippen LogP contribution in [0.1, 0.15) is 24.5 Å². The van der Waals surface area contributed by atoms with Crippen LogP contribution in [0.3, 0.4) is 0 Å². The molecule has 3 rings (SSSR count). The molecule has 1 aliphatic rings. The van der Waals surface area contributed by atoms with E-state index in [4.69, 9.17) is 14.5 Å². The fraction of sp³-hybridized carbons (Fsp3) is 0.391. The van der Waals surface area contributed by atoms with Crippen molar-refractivity contribution in [3.05, 3.63) is 65.9 Å². The molecule has 1 N–H and O–H groups in total. The number of rotatable bonds is 8. The Morgan fingerprint density at radius 3 is 2.69 bits per heavy atom. The van der Waals surface area contributed by atoms with Crippen LogP contribution >= 0.6 is 0 Å². The van der Waals surface area contributed by atoms with E-state index in [2.05, 4.69) is 58.5 Å². The van der Waals surface area contributed by atoms with Crippen LogP contribution in [-0.2, 0) is 11.3 Å². The van der Waals surface area contributed by atoms with Crippen LogP contribution < -0.4 is 10.1 Å². The maximum atomic E-state index is 5.51. The summed E-state index contributed by atoms with van der Waals surface area (Å²) in [5.41, 5.74) is 3.77. The van der Waals surface area contributed by atoms with Crippen LogP contribution in [0.4, 0.5) is 0 Å². The largest absolute Gasteiger partial charge is 0.475 e. The normalized spacial score (nSPS) is 14.5. The summed E-state index contributed by atoms with van der Waals surface area (Å²) < 4.78 is 10.5. The molecule has 0 atom stereocenters. The minimum atomic E-state index is 0.499. The first-order valence-corrected chi connectivity index (χ1v) is 10.1. The summed E-state index contributed by atoms with van der Waals surface area (Å²) in [6.07, 6.45) is 5.14. The lowest BCUT2D eigenvalue weighted by molar-refractivity contribution is 0.143. The Morgan fingerprint density at radius 2 is 2.03 bits per heavy atom. The molecule has 154 valence electrons. The summed E-state index contributed by atoms with van der Waals surface area (Å²) in [5, 5.41) is 3.41. The number of aromatic nitrogens is 1. The topological polar surface area (TPSA) is 59.0 Å². The average Bonchev–Trinajstić information content (AvgIpc) is 2.78. The zero-order valence-electron chi connectivity index (χ0n) is 17.3. The summed E-state index contributed by atoms with van der Waals surface area (Å²) in [7, 11) is 1.65. The molecule has 0 saturated carbocycles. The number of hydrogen-bond donors (Lipinski definition) is 1. The van der Waals surface area contributed by atoms with Crippen molar-refractivity contribution in [2.24, 2.45) is 4.99 Å². The third kappa shape index (κ3) is 6.32. The molecule has 0 amide bonds. The molecule has 2 aromatic rings. The van der Waals surface area contributed by atoms with Gasteiger partial charge in [0.1, 0.15) is 6.61 Å². The molecule has 6 nitrogen and oxygen atoms in total. The van der Waals surface area contributed by atoms with E-state index in [1.807, 2.05) is 18.3 Å². The highest BCUT2D eigenvalue weighted by molar-refractivity contribution is 5.81. The van der Waals surface area contributed by atoms with Crippen LogP contribution in [0.2, 0.25) is 0 Å². The first-order chi connectivity index (χ1) is 14.3. The molecule has 0 aliphatic carbocycles. The van der Waals surface area contributed by atoms with Gasteiger partial charge in [-0.05, 0) is 30.0 Å². The highest BCUT2D eigenvalue weighted by Gasteiger charge is 2.16. The van der Waals surface area contributed by atoms with Crippen molar-refractivity contribution in [1.82, 2.24) is 15.2 Å². The lowest BCUT2D eigenvalue weighted by Gasteiger charge is -2.30. The van der Waals surface area contributed by atoms with Crippen LogP contribution in [0.15, 0.2) is 59.7 Å². The Bertz CT molecular complexity index is 803. The molecule has 6 heteroatoms. The van der Waals surface area contributed by atoms with Crippen LogP contribution in [-0.4, -0.2) is 55.8 Å². The second kappa shape index (κ2) is 11.2. The highest BCUT2D eigenvalue weighted by Crippen LogP contribution is 2.22. The maximum absolute atomic E-state index is 5.51. The van der Waals surface area contributed by atoms with Gasteiger partial charge in [0.15, 0.2) is 5.96 Å². The van der Waals surface area contributed by atoms with Gasteiger partial charge >= 0.3 is 0 Å². The molecule has 0 spiro atoms. The van der Waals surface area contributed by atoms with E-state index in [0.29, 0.717) is 25.6 Å². The minimum Gasteiger partial charge on any atom is -0.475 e. The Kier molecular flexibility index (Phi) is 8.07. The Morgan fingerprint density at radius 1 is 1.17 bits per heavy atom. The van der Waals surface area contributed by atoms with Crippen molar-refractivity contribution in [1.29, 1.82) is 0 Å². The van der Waals surface area contributed by atoms with Gasteiger partial charge < -0.3 is 19.7 Å². The average molecular weight is 395 g/mol. The predicted octanol–water partition coefficient (Wildman–Crippen LogP) is 3.36. The van der Waals surface area contributed by atoms with Crippen LogP contribution in [0.5, 0.6) is 5.88 Å². The number of benzene rings is 1. The lowest BCUT2D eigenvalue weighted by atomic mass is 10.00. The molecule has 29 heavy (non-hydrogen) atoms. The molecule has 0 bridgehead atoms. The van der Waals surface area contributed by atoms with Crippen molar-refractivity contribution in [3.63, 3.8) is 0 Å². The number of nitrogens with one attached hydrogen (secondary N) is 1. The van der Waals surface area contributed by atoms with Gasteiger partial charge in [-0.3, -0.25) is 0 Å². The molecular formula is C23H30N4O2. The number of hydrogen-bond acceptors (Lipinski definition) is 4. The van der Waals surface area contributed by atoms with E-state index in [9.17, 15) is 0 Å². The third-order valence-corrected chi connectivity index (χ3v) is 4.73. The third-order valence-electron chi connectivity index (χ3n) is 4.73. The SMILES string of the molecule is CCNC(=NCc1ccc(OCCOC)nc1)N1CC=C(c2ccccc2)CC1. The van der Waals surface area contributed by atoms with E-state index in [-0.39, 0.29) is 0 Å². The van der Waals surface area contributed by atoms with E-state index >= 15 is 0 Å². The fourth-order valence-electron chi connectivity index (χ4n) is 3.19. The van der Waals surface area contributed by atoms with Crippen LogP contribution in [0, 0.1) is 0 Å². The first-order valence-electron chi connectivity index (χ1n) is 10.1. The number of pyridine rings is 1. The number of nitrogens with zero attached hydrogens (tertiary/aromatic N) is 3. The summed E-state index contributed by atoms with van der Waals surface area (Å²) in [4.78, 5) is 11.4. The molecule has 2 heterocycles. The van der Waals surface area contributed by atoms with Crippen molar-refractivity contribution in [2.45, 2.75) is 19.9 Å². The fourth-order valence-corrected chi connectivity index (χ4v) is 3.19. The monoisotopic (exact) mass is 394 g/mol. The number of guanidine groups is 1. The Balaban J connectivity index is 1.59. The van der Waals surface area contributed by atoms with E-state index in [1.165, 1.54) is 11.1 Å². The number of methoxy groups -OCH3 is 1. The number of ether oxygens (including phenoxy) is 2. The van der Waals surface area contributed by atoms with Crippen molar-refractivity contribution in [3.8, 4) is 5.88 Å². The van der Waals surface area contributed by atoms with Gasteiger partial charge in [0.25, 0.3) is 0 Å². The number of aliphatic imine (C=N–C) groups is 1. The summed E-state index contributed by atoms with van der Waals surface area (Å²) in [6.45, 7) is 6.39. The molecule has 0 fully saturated rings. The molecule has 1 aromatic heterocycles. The molecular weight excluding hydrogens is 364 g/mol. The molecule has 1 aliphatic heterocycles. The van der Waals surface area contributed by atoms with Gasteiger partial charge in [-0.2, -0.15) is 0 Å². The summed E-state index contributed by atoms with van der Waals surface area (Å²) >= 11 is 0. The summed E-state index contributed by atoms with van der Waals surface area (Å²) in [6, 6.07) is 14.5.